The van der Waals surface area contributed by atoms with Gasteiger partial charge in [0.1, 0.15) is 6.54 Å². The van der Waals surface area contributed by atoms with Crippen molar-refractivity contribution < 1.29 is 28.6 Å². The molecule has 0 N–H and O–H groups in total. The van der Waals surface area contributed by atoms with Gasteiger partial charge in [0.15, 0.2) is 6.54 Å². The Bertz CT molecular complexity index is 351. The van der Waals surface area contributed by atoms with Crippen molar-refractivity contribution in [1.29, 1.82) is 0 Å². The zero-order chi connectivity index (χ0) is 10.5. The van der Waals surface area contributed by atoms with Crippen molar-refractivity contribution >= 4 is 27.9 Å². The molecule has 1 aromatic carbocycles. The van der Waals surface area contributed by atoms with Gasteiger partial charge in [0.25, 0.3) is 4.38 Å². The molecule has 1 aromatic rings. The quantitative estimate of drug-likeness (QED) is 0.539. The summed E-state index contributed by atoms with van der Waals surface area (Å²) in [6, 6.07) is 10.7. The molecule has 0 bridgehead atoms. The van der Waals surface area contributed by atoms with E-state index in [-0.39, 0.29) is 24.0 Å². The molecule has 0 atom stereocenters. The lowest BCUT2D eigenvalue weighted by molar-refractivity contribution is -0.539. The number of rotatable bonds is 2. The summed E-state index contributed by atoms with van der Waals surface area (Å²) in [7, 11) is 0. The van der Waals surface area contributed by atoms with E-state index >= 15 is 0 Å². The van der Waals surface area contributed by atoms with Crippen molar-refractivity contribution in [3.63, 3.8) is 0 Å². The molecule has 0 saturated heterocycles. The van der Waals surface area contributed by atoms with Gasteiger partial charge in [-0.1, -0.05) is 42.1 Å². The van der Waals surface area contributed by atoms with E-state index in [4.69, 9.17) is 0 Å². The highest BCUT2D eigenvalue weighted by Gasteiger charge is 2.19. The lowest BCUT2D eigenvalue weighted by atomic mass is 10.2. The molecule has 0 radical (unpaired) electrons. The predicted octanol–water partition coefficient (Wildman–Crippen LogP) is 0.0590. The lowest BCUT2D eigenvalue weighted by Crippen LogP contribution is -3.00. The second kappa shape index (κ2) is 7.61. The van der Waals surface area contributed by atoms with Crippen LogP contribution in [0.4, 0.5) is 0 Å². The summed E-state index contributed by atoms with van der Waals surface area (Å²) in [6.45, 7) is 2.27. The van der Waals surface area contributed by atoms with Crippen molar-refractivity contribution in [3.8, 4) is 0 Å². The van der Waals surface area contributed by atoms with E-state index in [2.05, 4.69) is 41.2 Å². The number of benzene rings is 1. The third kappa shape index (κ3) is 3.96. The summed E-state index contributed by atoms with van der Waals surface area (Å²) in [5.74, 6) is 1.28. The SMILES string of the molecule is CSC1=[N+](Cc2ccccc2)CCCS1.[I-]. The van der Waals surface area contributed by atoms with Crippen molar-refractivity contribution in [2.45, 2.75) is 13.0 Å². The van der Waals surface area contributed by atoms with E-state index in [1.807, 2.05) is 23.5 Å². The zero-order valence-electron chi connectivity index (χ0n) is 9.36. The van der Waals surface area contributed by atoms with Crippen LogP contribution in [0.15, 0.2) is 30.3 Å². The van der Waals surface area contributed by atoms with E-state index in [9.17, 15) is 0 Å². The second-order valence-electron chi connectivity index (χ2n) is 3.58. The molecule has 1 heterocycles. The fourth-order valence-electron chi connectivity index (χ4n) is 1.73. The third-order valence-corrected chi connectivity index (χ3v) is 4.91. The van der Waals surface area contributed by atoms with Crippen LogP contribution in [0.5, 0.6) is 0 Å². The minimum atomic E-state index is 0. The van der Waals surface area contributed by atoms with Gasteiger partial charge in [0.2, 0.25) is 0 Å². The van der Waals surface area contributed by atoms with Crippen LogP contribution in [0.1, 0.15) is 12.0 Å². The van der Waals surface area contributed by atoms with Crippen LogP contribution in [0.2, 0.25) is 0 Å². The molecule has 0 amide bonds. The van der Waals surface area contributed by atoms with Crippen LogP contribution in [-0.2, 0) is 6.54 Å². The van der Waals surface area contributed by atoms with E-state index in [0.717, 1.165) is 6.54 Å². The molecule has 0 saturated carbocycles. The summed E-state index contributed by atoms with van der Waals surface area (Å²) in [6.07, 6.45) is 3.48. The predicted molar refractivity (Wildman–Crippen MR) is 70.9 cm³/mol. The molecular formula is C12H16INS2. The Hall–Kier alpha value is 0.320. The van der Waals surface area contributed by atoms with Gasteiger partial charge in [-0.05, 0) is 18.0 Å². The monoisotopic (exact) mass is 365 g/mol. The highest BCUT2D eigenvalue weighted by Crippen LogP contribution is 2.20. The van der Waals surface area contributed by atoms with E-state index in [0.29, 0.717) is 0 Å². The van der Waals surface area contributed by atoms with Crippen LogP contribution in [0, 0.1) is 0 Å². The summed E-state index contributed by atoms with van der Waals surface area (Å²) in [5.41, 5.74) is 1.41. The molecule has 0 unspecified atom stereocenters. The summed E-state index contributed by atoms with van der Waals surface area (Å²) >= 11 is 3.87. The van der Waals surface area contributed by atoms with Gasteiger partial charge in [0, 0.05) is 17.7 Å². The maximum Gasteiger partial charge on any atom is 0.270 e. The normalized spacial score (nSPS) is 15.8. The Balaban J connectivity index is 0.00000128. The van der Waals surface area contributed by atoms with Crippen molar-refractivity contribution in [2.24, 2.45) is 0 Å². The van der Waals surface area contributed by atoms with Gasteiger partial charge in [-0.15, -0.1) is 0 Å². The summed E-state index contributed by atoms with van der Waals surface area (Å²) in [5, 5.41) is 0. The average Bonchev–Trinajstić information content (AvgIpc) is 2.31. The Morgan fingerprint density at radius 2 is 2.06 bits per heavy atom. The Morgan fingerprint density at radius 3 is 2.75 bits per heavy atom. The average molecular weight is 365 g/mol. The molecule has 2 rings (SSSR count). The Kier molecular flexibility index (Phi) is 6.84. The first-order valence-corrected chi connectivity index (χ1v) is 7.44. The highest BCUT2D eigenvalue weighted by molar-refractivity contribution is 8.38. The molecule has 0 spiro atoms. The molecular weight excluding hydrogens is 349 g/mol. The van der Waals surface area contributed by atoms with Crippen LogP contribution in [0.3, 0.4) is 0 Å². The minimum Gasteiger partial charge on any atom is -1.00 e. The largest absolute Gasteiger partial charge is 1.00 e. The van der Waals surface area contributed by atoms with Crippen molar-refractivity contribution in [2.75, 3.05) is 18.6 Å². The first kappa shape index (κ1) is 14.4. The fourth-order valence-corrected chi connectivity index (χ4v) is 3.65. The molecule has 0 aliphatic carbocycles. The zero-order valence-corrected chi connectivity index (χ0v) is 13.1. The summed E-state index contributed by atoms with van der Waals surface area (Å²) in [4.78, 5) is 0. The first-order valence-electron chi connectivity index (χ1n) is 5.23. The highest BCUT2D eigenvalue weighted by atomic mass is 127. The number of hydrogen-bond acceptors (Lipinski definition) is 2. The smallest absolute Gasteiger partial charge is 0.270 e. The summed E-state index contributed by atoms with van der Waals surface area (Å²) < 4.78 is 3.97. The van der Waals surface area contributed by atoms with Gasteiger partial charge in [-0.2, -0.15) is 0 Å². The number of hydrogen-bond donors (Lipinski definition) is 0. The number of nitrogens with zero attached hydrogens (tertiary/aromatic N) is 1. The maximum absolute atomic E-state index is 2.49. The van der Waals surface area contributed by atoms with E-state index in [1.54, 1.807) is 0 Å². The van der Waals surface area contributed by atoms with Crippen LogP contribution in [0.25, 0.3) is 0 Å². The van der Waals surface area contributed by atoms with Crippen molar-refractivity contribution in [3.05, 3.63) is 35.9 Å². The first-order chi connectivity index (χ1) is 7.40. The van der Waals surface area contributed by atoms with Crippen LogP contribution in [-0.4, -0.2) is 27.5 Å². The minimum absolute atomic E-state index is 0. The molecule has 0 aromatic heterocycles. The van der Waals surface area contributed by atoms with Gasteiger partial charge < -0.3 is 24.0 Å². The van der Waals surface area contributed by atoms with E-state index in [1.165, 1.54) is 28.7 Å². The van der Waals surface area contributed by atoms with Crippen molar-refractivity contribution in [1.82, 2.24) is 0 Å². The van der Waals surface area contributed by atoms with Gasteiger partial charge in [-0.3, -0.25) is 0 Å². The number of thioether (sulfide) groups is 2. The van der Waals surface area contributed by atoms with Crippen LogP contribution < -0.4 is 24.0 Å². The maximum atomic E-state index is 2.49. The van der Waals surface area contributed by atoms with Gasteiger partial charge in [-0.25, -0.2) is 4.58 Å². The molecule has 0 fully saturated rings. The van der Waals surface area contributed by atoms with Gasteiger partial charge >= 0.3 is 0 Å². The topological polar surface area (TPSA) is 3.01 Å². The molecule has 1 aliphatic heterocycles. The molecule has 1 aliphatic rings. The molecule has 16 heavy (non-hydrogen) atoms. The molecule has 4 heteroatoms. The molecule has 1 nitrogen and oxygen atoms in total. The Labute approximate surface area is 123 Å². The molecule has 88 valence electrons. The fraction of sp³-hybridized carbons (Fsp3) is 0.417. The van der Waals surface area contributed by atoms with Crippen LogP contribution >= 0.6 is 23.5 Å². The second-order valence-corrected chi connectivity index (χ2v) is 5.72. The standard InChI is InChI=1S/C12H16NS2.HI/c1-14-12-13(8-5-9-15-12)10-11-6-3-2-4-7-11;/h2-4,6-7H,5,8-10H2,1H3;1H/q+1;/p-1. The third-order valence-electron chi connectivity index (χ3n) is 2.45. The number of halogens is 1. The van der Waals surface area contributed by atoms with E-state index < -0.39 is 0 Å². The Morgan fingerprint density at radius 1 is 1.31 bits per heavy atom. The van der Waals surface area contributed by atoms with Gasteiger partial charge in [0.05, 0.1) is 0 Å². The lowest BCUT2D eigenvalue weighted by Gasteiger charge is -2.12.